The van der Waals surface area contributed by atoms with Gasteiger partial charge in [0.1, 0.15) is 11.5 Å². The molecule has 20 heavy (non-hydrogen) atoms. The SMILES string of the molecule is CC(C)(C)OOC1c2ccccc2Oc2ccccc21. The monoisotopic (exact) mass is 270 g/mol. The van der Waals surface area contributed by atoms with E-state index >= 15 is 0 Å². The maximum atomic E-state index is 5.90. The Hall–Kier alpha value is -1.84. The molecule has 1 aliphatic rings. The third-order valence-corrected chi connectivity index (χ3v) is 3.02. The maximum absolute atomic E-state index is 5.90. The fraction of sp³-hybridized carbons (Fsp3) is 0.294. The number of fused-ring (bicyclic) bond motifs is 2. The smallest absolute Gasteiger partial charge is 0.150 e. The summed E-state index contributed by atoms with van der Waals surface area (Å²) in [7, 11) is 0. The van der Waals surface area contributed by atoms with Gasteiger partial charge in [-0.15, -0.1) is 0 Å². The Kier molecular flexibility index (Phi) is 3.24. The molecule has 3 nitrogen and oxygen atoms in total. The van der Waals surface area contributed by atoms with Gasteiger partial charge >= 0.3 is 0 Å². The van der Waals surface area contributed by atoms with Crippen molar-refractivity contribution in [3.05, 3.63) is 59.7 Å². The van der Waals surface area contributed by atoms with Crippen LogP contribution in [-0.2, 0) is 9.78 Å². The van der Waals surface area contributed by atoms with Gasteiger partial charge < -0.3 is 4.74 Å². The highest BCUT2D eigenvalue weighted by molar-refractivity contribution is 5.51. The van der Waals surface area contributed by atoms with Crippen LogP contribution in [0.3, 0.4) is 0 Å². The maximum Gasteiger partial charge on any atom is 0.150 e. The van der Waals surface area contributed by atoms with Gasteiger partial charge in [0.05, 0.1) is 5.60 Å². The second kappa shape index (κ2) is 4.93. The quantitative estimate of drug-likeness (QED) is 0.588. The predicted octanol–water partition coefficient (Wildman–Crippen LogP) is 4.63. The van der Waals surface area contributed by atoms with Crippen LogP contribution in [0.4, 0.5) is 0 Å². The number of ether oxygens (including phenoxy) is 1. The van der Waals surface area contributed by atoms with Crippen molar-refractivity contribution < 1.29 is 14.5 Å². The second-order valence-electron chi connectivity index (χ2n) is 5.85. The van der Waals surface area contributed by atoms with Crippen LogP contribution in [0, 0.1) is 0 Å². The van der Waals surface area contributed by atoms with Gasteiger partial charge in [-0.3, -0.25) is 0 Å². The number of hydrogen-bond donors (Lipinski definition) is 0. The van der Waals surface area contributed by atoms with Crippen LogP contribution in [0.25, 0.3) is 0 Å². The molecular formula is C17H18O3. The Morgan fingerprint density at radius 2 is 1.35 bits per heavy atom. The molecule has 0 unspecified atom stereocenters. The lowest BCUT2D eigenvalue weighted by atomic mass is 9.97. The lowest BCUT2D eigenvalue weighted by Gasteiger charge is -2.29. The molecule has 1 aliphatic heterocycles. The highest BCUT2D eigenvalue weighted by atomic mass is 17.2. The fourth-order valence-electron chi connectivity index (χ4n) is 2.16. The van der Waals surface area contributed by atoms with E-state index in [0.717, 1.165) is 22.6 Å². The fourth-order valence-corrected chi connectivity index (χ4v) is 2.16. The van der Waals surface area contributed by atoms with Gasteiger partial charge in [0, 0.05) is 11.1 Å². The van der Waals surface area contributed by atoms with Gasteiger partial charge in [-0.1, -0.05) is 36.4 Å². The molecule has 0 aromatic heterocycles. The lowest BCUT2D eigenvalue weighted by molar-refractivity contribution is -0.369. The van der Waals surface area contributed by atoms with Crippen molar-refractivity contribution in [3.8, 4) is 11.5 Å². The van der Waals surface area contributed by atoms with Crippen LogP contribution in [0.5, 0.6) is 11.5 Å². The van der Waals surface area contributed by atoms with Gasteiger partial charge in [0.25, 0.3) is 0 Å². The third kappa shape index (κ3) is 2.55. The van der Waals surface area contributed by atoms with E-state index in [9.17, 15) is 0 Å². The lowest BCUT2D eigenvalue weighted by Crippen LogP contribution is -2.23. The van der Waals surface area contributed by atoms with Gasteiger partial charge in [-0.2, -0.15) is 0 Å². The first-order chi connectivity index (χ1) is 9.54. The standard InChI is InChI=1S/C17H18O3/c1-17(2,3)20-19-16-12-8-4-6-10-14(12)18-15-11-7-5-9-13(15)16/h4-11,16H,1-3H3. The van der Waals surface area contributed by atoms with E-state index in [2.05, 4.69) is 0 Å². The molecule has 0 bridgehead atoms. The van der Waals surface area contributed by atoms with Crippen LogP contribution >= 0.6 is 0 Å². The zero-order valence-corrected chi connectivity index (χ0v) is 11.9. The molecule has 3 rings (SSSR count). The molecule has 0 amide bonds. The Bertz CT molecular complexity index is 568. The van der Waals surface area contributed by atoms with E-state index < -0.39 is 0 Å². The number of rotatable bonds is 2. The Balaban J connectivity index is 1.99. The van der Waals surface area contributed by atoms with Gasteiger partial charge in [0.2, 0.25) is 0 Å². The van der Waals surface area contributed by atoms with Crippen LogP contribution in [-0.4, -0.2) is 5.60 Å². The molecule has 0 radical (unpaired) electrons. The van der Waals surface area contributed by atoms with Gasteiger partial charge in [-0.25, -0.2) is 9.78 Å². The molecule has 3 heteroatoms. The number of hydrogen-bond acceptors (Lipinski definition) is 3. The summed E-state index contributed by atoms with van der Waals surface area (Å²) in [5.74, 6) is 1.63. The largest absolute Gasteiger partial charge is 0.457 e. The van der Waals surface area contributed by atoms with Crippen molar-refractivity contribution in [2.24, 2.45) is 0 Å². The van der Waals surface area contributed by atoms with E-state index in [0.29, 0.717) is 0 Å². The van der Waals surface area contributed by atoms with E-state index in [-0.39, 0.29) is 11.7 Å². The Morgan fingerprint density at radius 3 is 1.85 bits per heavy atom. The third-order valence-electron chi connectivity index (χ3n) is 3.02. The molecule has 0 atom stereocenters. The molecule has 0 saturated carbocycles. The molecule has 0 aliphatic carbocycles. The first-order valence-corrected chi connectivity index (χ1v) is 6.75. The van der Waals surface area contributed by atoms with Crippen molar-refractivity contribution in [1.29, 1.82) is 0 Å². The minimum atomic E-state index is -0.359. The molecule has 104 valence electrons. The summed E-state index contributed by atoms with van der Waals surface area (Å²) in [6.07, 6.45) is -0.268. The first-order valence-electron chi connectivity index (χ1n) is 6.75. The Morgan fingerprint density at radius 1 is 0.850 bits per heavy atom. The normalized spacial score (nSPS) is 14.3. The van der Waals surface area contributed by atoms with Gasteiger partial charge in [0.15, 0.2) is 6.10 Å². The molecule has 1 heterocycles. The molecule has 0 fully saturated rings. The zero-order valence-electron chi connectivity index (χ0n) is 11.9. The molecule has 0 saturated heterocycles. The van der Waals surface area contributed by atoms with Gasteiger partial charge in [-0.05, 0) is 32.9 Å². The second-order valence-corrected chi connectivity index (χ2v) is 5.85. The number of para-hydroxylation sites is 2. The van der Waals surface area contributed by atoms with Crippen LogP contribution in [0.15, 0.2) is 48.5 Å². The molecule has 0 N–H and O–H groups in total. The summed E-state index contributed by atoms with van der Waals surface area (Å²) in [4.78, 5) is 11.2. The molecule has 0 spiro atoms. The van der Waals surface area contributed by atoms with Crippen molar-refractivity contribution in [2.45, 2.75) is 32.5 Å². The highest BCUT2D eigenvalue weighted by Gasteiger charge is 2.29. The minimum absolute atomic E-state index is 0.268. The van der Waals surface area contributed by atoms with Crippen LogP contribution in [0.1, 0.15) is 38.0 Å². The Labute approximate surface area is 119 Å². The average Bonchev–Trinajstić information content (AvgIpc) is 2.42. The van der Waals surface area contributed by atoms with Crippen LogP contribution < -0.4 is 4.74 Å². The number of benzene rings is 2. The van der Waals surface area contributed by atoms with Crippen molar-refractivity contribution >= 4 is 0 Å². The minimum Gasteiger partial charge on any atom is -0.457 e. The van der Waals surface area contributed by atoms with E-state index in [1.54, 1.807) is 0 Å². The van der Waals surface area contributed by atoms with Crippen molar-refractivity contribution in [1.82, 2.24) is 0 Å². The van der Waals surface area contributed by atoms with Crippen molar-refractivity contribution in [3.63, 3.8) is 0 Å². The summed E-state index contributed by atoms with van der Waals surface area (Å²) in [5.41, 5.74) is 1.60. The summed E-state index contributed by atoms with van der Waals surface area (Å²) in [6, 6.07) is 15.7. The van der Waals surface area contributed by atoms with Crippen LogP contribution in [0.2, 0.25) is 0 Å². The van der Waals surface area contributed by atoms with E-state index in [1.165, 1.54) is 0 Å². The first kappa shape index (κ1) is 13.2. The topological polar surface area (TPSA) is 27.7 Å². The van der Waals surface area contributed by atoms with E-state index in [1.807, 2.05) is 69.3 Å². The zero-order chi connectivity index (χ0) is 14.2. The summed E-state index contributed by atoms with van der Waals surface area (Å²) >= 11 is 0. The molecule has 2 aromatic carbocycles. The summed E-state index contributed by atoms with van der Waals surface area (Å²) < 4.78 is 5.90. The van der Waals surface area contributed by atoms with Crippen molar-refractivity contribution in [2.75, 3.05) is 0 Å². The summed E-state index contributed by atoms with van der Waals surface area (Å²) in [6.45, 7) is 5.89. The molecule has 2 aromatic rings. The van der Waals surface area contributed by atoms with E-state index in [4.69, 9.17) is 14.5 Å². The predicted molar refractivity (Wildman–Crippen MR) is 76.7 cm³/mol. The average molecular weight is 270 g/mol. The summed E-state index contributed by atoms with van der Waals surface area (Å²) in [5, 5.41) is 0. The molecular weight excluding hydrogens is 252 g/mol. The highest BCUT2D eigenvalue weighted by Crippen LogP contribution is 2.44.